The van der Waals surface area contributed by atoms with E-state index in [4.69, 9.17) is 5.84 Å². The van der Waals surface area contributed by atoms with Gasteiger partial charge >= 0.3 is 0 Å². The molecule has 10 heteroatoms. The predicted molar refractivity (Wildman–Crippen MR) is 95.4 cm³/mol. The van der Waals surface area contributed by atoms with Gasteiger partial charge in [0.05, 0.1) is 5.75 Å². The Labute approximate surface area is 146 Å². The number of thioether (sulfide) groups is 2. The minimum atomic E-state index is -0.409. The number of carbonyl (C=O) groups is 1. The maximum atomic E-state index is 11.8. The largest absolute Gasteiger partial charge is 0.355 e. The molecule has 2 rings (SSSR count). The Morgan fingerprint density at radius 2 is 2.30 bits per heavy atom. The van der Waals surface area contributed by atoms with E-state index in [2.05, 4.69) is 27.0 Å². The molecule has 0 saturated carbocycles. The van der Waals surface area contributed by atoms with E-state index in [-0.39, 0.29) is 22.5 Å². The van der Waals surface area contributed by atoms with Crippen LogP contribution in [-0.2, 0) is 10.5 Å². The van der Waals surface area contributed by atoms with E-state index in [0.29, 0.717) is 6.54 Å². The molecular formula is C13H17N5O2S3. The van der Waals surface area contributed by atoms with Gasteiger partial charge in [0.1, 0.15) is 5.69 Å². The number of nitrogens with two attached hydrogens (primary N) is 1. The lowest BCUT2D eigenvalue weighted by atomic mass is 10.5. The van der Waals surface area contributed by atoms with E-state index in [1.807, 2.05) is 6.07 Å². The van der Waals surface area contributed by atoms with Crippen LogP contribution in [0.15, 0.2) is 27.5 Å². The number of carbonyl (C=O) groups excluding carboxylic acids is 1. The summed E-state index contributed by atoms with van der Waals surface area (Å²) in [5.74, 6) is 7.43. The Balaban J connectivity index is 1.65. The molecular weight excluding hydrogens is 354 g/mol. The van der Waals surface area contributed by atoms with Crippen LogP contribution < -0.4 is 16.7 Å². The number of nitrogen functional groups attached to an aromatic ring is 1. The van der Waals surface area contributed by atoms with Gasteiger partial charge in [0.2, 0.25) is 11.1 Å². The van der Waals surface area contributed by atoms with E-state index in [1.54, 1.807) is 23.1 Å². The second kappa shape index (κ2) is 8.94. The van der Waals surface area contributed by atoms with Crippen molar-refractivity contribution in [1.29, 1.82) is 0 Å². The SMILES string of the molecule is Cc1nnc(SCC(=O)NCCSCc2cccs2)n(N)c1=O. The molecule has 2 aromatic heterocycles. The molecule has 0 atom stereocenters. The maximum absolute atomic E-state index is 11.8. The first-order valence-electron chi connectivity index (χ1n) is 6.79. The quantitative estimate of drug-likeness (QED) is 0.403. The standard InChI is InChI=1S/C13H17N5O2S3/c1-9-12(20)18(14)13(17-16-9)23-8-11(19)15-4-6-21-7-10-3-2-5-22-10/h2-3,5H,4,6-8,14H2,1H3,(H,15,19). The van der Waals surface area contributed by atoms with Crippen molar-refractivity contribution in [3.05, 3.63) is 38.4 Å². The molecule has 0 aliphatic heterocycles. The van der Waals surface area contributed by atoms with Crippen LogP contribution in [0.25, 0.3) is 0 Å². The highest BCUT2D eigenvalue weighted by Crippen LogP contribution is 2.16. The molecule has 0 unspecified atom stereocenters. The molecule has 0 radical (unpaired) electrons. The first-order chi connectivity index (χ1) is 11.1. The molecule has 1 amide bonds. The second-order valence-corrected chi connectivity index (χ2v) is 7.59. The van der Waals surface area contributed by atoms with Crippen molar-refractivity contribution < 1.29 is 4.79 Å². The molecule has 2 aromatic rings. The summed E-state index contributed by atoms with van der Waals surface area (Å²) in [5, 5.41) is 12.6. The summed E-state index contributed by atoms with van der Waals surface area (Å²) in [4.78, 5) is 24.7. The van der Waals surface area contributed by atoms with Crippen LogP contribution in [0.2, 0.25) is 0 Å². The van der Waals surface area contributed by atoms with E-state index < -0.39 is 5.56 Å². The van der Waals surface area contributed by atoms with Gasteiger partial charge in [-0.1, -0.05) is 17.8 Å². The monoisotopic (exact) mass is 371 g/mol. The normalized spacial score (nSPS) is 10.7. The van der Waals surface area contributed by atoms with Crippen LogP contribution in [-0.4, -0.2) is 38.8 Å². The van der Waals surface area contributed by atoms with Crippen molar-refractivity contribution in [2.45, 2.75) is 17.8 Å². The highest BCUT2D eigenvalue weighted by atomic mass is 32.2. The second-order valence-electron chi connectivity index (χ2n) is 4.51. The minimum absolute atomic E-state index is 0.124. The summed E-state index contributed by atoms with van der Waals surface area (Å²) in [6.45, 7) is 2.14. The highest BCUT2D eigenvalue weighted by molar-refractivity contribution is 7.99. The first-order valence-corrected chi connectivity index (χ1v) is 9.81. The number of aromatic nitrogens is 3. The van der Waals surface area contributed by atoms with Gasteiger partial charge in [0, 0.05) is 22.9 Å². The summed E-state index contributed by atoms with van der Waals surface area (Å²) in [6.07, 6.45) is 0. The summed E-state index contributed by atoms with van der Waals surface area (Å²) in [5.41, 5.74) is -0.183. The molecule has 0 fully saturated rings. The van der Waals surface area contributed by atoms with Gasteiger partial charge < -0.3 is 11.2 Å². The minimum Gasteiger partial charge on any atom is -0.355 e. The molecule has 7 nitrogen and oxygen atoms in total. The Bertz CT molecular complexity index is 702. The fourth-order valence-corrected chi connectivity index (χ4v) is 3.96. The van der Waals surface area contributed by atoms with E-state index in [0.717, 1.165) is 27.9 Å². The third-order valence-corrected chi connectivity index (χ3v) is 5.76. The molecule has 23 heavy (non-hydrogen) atoms. The van der Waals surface area contributed by atoms with Crippen molar-refractivity contribution >= 4 is 40.8 Å². The molecule has 0 saturated heterocycles. The van der Waals surface area contributed by atoms with Gasteiger partial charge in [0.25, 0.3) is 5.56 Å². The summed E-state index contributed by atoms with van der Waals surface area (Å²) >= 11 is 4.59. The molecule has 2 heterocycles. The van der Waals surface area contributed by atoms with E-state index in [9.17, 15) is 9.59 Å². The Morgan fingerprint density at radius 1 is 1.48 bits per heavy atom. The van der Waals surface area contributed by atoms with Crippen LogP contribution in [0.4, 0.5) is 0 Å². The van der Waals surface area contributed by atoms with Crippen molar-refractivity contribution in [3.63, 3.8) is 0 Å². The van der Waals surface area contributed by atoms with Crippen LogP contribution in [0.1, 0.15) is 10.6 Å². The fourth-order valence-electron chi connectivity index (χ4n) is 1.58. The van der Waals surface area contributed by atoms with Crippen molar-refractivity contribution in [3.8, 4) is 0 Å². The summed E-state index contributed by atoms with van der Waals surface area (Å²) in [7, 11) is 0. The lowest BCUT2D eigenvalue weighted by Gasteiger charge is -2.07. The van der Waals surface area contributed by atoms with Gasteiger partial charge in [-0.25, -0.2) is 0 Å². The number of aryl methyl sites for hydroxylation is 1. The number of nitrogens with zero attached hydrogens (tertiary/aromatic N) is 3. The maximum Gasteiger partial charge on any atom is 0.294 e. The number of hydrogen-bond acceptors (Lipinski definition) is 8. The van der Waals surface area contributed by atoms with Gasteiger partial charge in [0.15, 0.2) is 0 Å². The fraction of sp³-hybridized carbons (Fsp3) is 0.385. The van der Waals surface area contributed by atoms with E-state index in [1.165, 1.54) is 11.8 Å². The Morgan fingerprint density at radius 3 is 3.04 bits per heavy atom. The number of nitrogens with one attached hydrogen (secondary N) is 1. The van der Waals surface area contributed by atoms with Crippen LogP contribution in [0.5, 0.6) is 0 Å². The Hall–Kier alpha value is -1.52. The molecule has 0 aliphatic rings. The van der Waals surface area contributed by atoms with Crippen LogP contribution >= 0.6 is 34.9 Å². The molecule has 124 valence electrons. The third-order valence-electron chi connectivity index (χ3n) is 2.75. The molecule has 0 aliphatic carbocycles. The lowest BCUT2D eigenvalue weighted by molar-refractivity contribution is -0.118. The van der Waals surface area contributed by atoms with Gasteiger partial charge in [-0.3, -0.25) is 9.59 Å². The summed E-state index contributed by atoms with van der Waals surface area (Å²) in [6, 6.07) is 4.13. The van der Waals surface area contributed by atoms with Crippen molar-refractivity contribution in [2.24, 2.45) is 0 Å². The molecule has 0 spiro atoms. The molecule has 3 N–H and O–H groups in total. The van der Waals surface area contributed by atoms with Crippen molar-refractivity contribution in [1.82, 2.24) is 20.2 Å². The summed E-state index contributed by atoms with van der Waals surface area (Å²) < 4.78 is 0.914. The van der Waals surface area contributed by atoms with E-state index >= 15 is 0 Å². The average molecular weight is 372 g/mol. The van der Waals surface area contributed by atoms with Crippen molar-refractivity contribution in [2.75, 3.05) is 23.9 Å². The number of rotatable bonds is 8. The number of hydrogen-bond donors (Lipinski definition) is 2. The highest BCUT2D eigenvalue weighted by Gasteiger charge is 2.09. The average Bonchev–Trinajstić information content (AvgIpc) is 3.05. The Kier molecular flexibility index (Phi) is 6.93. The molecule has 0 aromatic carbocycles. The zero-order chi connectivity index (χ0) is 16.7. The smallest absolute Gasteiger partial charge is 0.294 e. The third kappa shape index (κ3) is 5.56. The number of thiophene rings is 1. The lowest BCUT2D eigenvalue weighted by Crippen LogP contribution is -2.33. The van der Waals surface area contributed by atoms with Crippen LogP contribution in [0.3, 0.4) is 0 Å². The predicted octanol–water partition coefficient (Wildman–Crippen LogP) is 0.864. The zero-order valence-electron chi connectivity index (χ0n) is 12.5. The first kappa shape index (κ1) is 17.8. The molecule has 0 bridgehead atoms. The zero-order valence-corrected chi connectivity index (χ0v) is 15.0. The number of amides is 1. The topological polar surface area (TPSA) is 103 Å². The van der Waals surface area contributed by atoms with Gasteiger partial charge in [-0.05, 0) is 18.4 Å². The van der Waals surface area contributed by atoms with Gasteiger partial charge in [-0.15, -0.1) is 21.5 Å². The van der Waals surface area contributed by atoms with Crippen LogP contribution in [0, 0.1) is 6.92 Å². The van der Waals surface area contributed by atoms with Gasteiger partial charge in [-0.2, -0.15) is 16.4 Å².